The van der Waals surface area contributed by atoms with Crippen LogP contribution in [0.25, 0.3) is 0 Å². The average Bonchev–Trinajstić information content (AvgIpc) is 1.72. The Morgan fingerprint density at radius 3 is 1.12 bits per heavy atom. The molecular formula is C6H17BMg. The highest BCUT2D eigenvalue weighted by Crippen LogP contribution is 2.01. The van der Waals surface area contributed by atoms with Gasteiger partial charge in [0.1, 0.15) is 6.71 Å². The van der Waals surface area contributed by atoms with Crippen LogP contribution < -0.4 is 0 Å². The number of rotatable bonds is 3. The first-order valence-corrected chi connectivity index (χ1v) is 3.35. The fraction of sp³-hybridized carbons (Fsp3) is 1.00. The molecule has 0 nitrogen and oxygen atoms in total. The van der Waals surface area contributed by atoms with Crippen LogP contribution in [-0.4, -0.2) is 29.8 Å². The second-order valence-electron chi connectivity index (χ2n) is 2.09. The van der Waals surface area contributed by atoms with Gasteiger partial charge in [0.15, 0.2) is 0 Å². The van der Waals surface area contributed by atoms with E-state index in [1.54, 1.807) is 0 Å². The van der Waals surface area contributed by atoms with Crippen LogP contribution >= 0.6 is 0 Å². The second kappa shape index (κ2) is 7.83. The maximum absolute atomic E-state index is 2.26. The van der Waals surface area contributed by atoms with Crippen molar-refractivity contribution in [2.75, 3.05) is 0 Å². The molecule has 2 heteroatoms. The van der Waals surface area contributed by atoms with Gasteiger partial charge in [0.2, 0.25) is 0 Å². The van der Waals surface area contributed by atoms with Crippen molar-refractivity contribution < 1.29 is 0 Å². The topological polar surface area (TPSA) is 0 Å². The summed E-state index contributed by atoms with van der Waals surface area (Å²) >= 11 is 0. The summed E-state index contributed by atoms with van der Waals surface area (Å²) in [6.07, 6.45) is 4.06. The Bertz CT molecular complexity index is 30.0. The standard InChI is InChI=1S/C6H15B.Mg.2H/c1-4-7(5-2)6-3;;;/h4-6H2,1-3H3;;;. The number of hydrogen-bond acceptors (Lipinski definition) is 0. The van der Waals surface area contributed by atoms with Gasteiger partial charge in [-0.3, -0.25) is 0 Å². The van der Waals surface area contributed by atoms with E-state index in [0.717, 1.165) is 6.71 Å². The van der Waals surface area contributed by atoms with E-state index in [1.807, 2.05) is 0 Å². The van der Waals surface area contributed by atoms with Crippen molar-refractivity contribution in [3.63, 3.8) is 0 Å². The van der Waals surface area contributed by atoms with Crippen molar-refractivity contribution in [3.8, 4) is 0 Å². The smallest absolute Gasteiger partial charge is 0.0770 e. The Morgan fingerprint density at radius 1 is 0.875 bits per heavy atom. The molecule has 0 saturated carbocycles. The maximum atomic E-state index is 2.26. The van der Waals surface area contributed by atoms with Crippen molar-refractivity contribution in [3.05, 3.63) is 0 Å². The zero-order valence-corrected chi connectivity index (χ0v) is 5.70. The molecule has 0 atom stereocenters. The van der Waals surface area contributed by atoms with Gasteiger partial charge < -0.3 is 0 Å². The van der Waals surface area contributed by atoms with E-state index in [4.69, 9.17) is 0 Å². The molecule has 0 unspecified atom stereocenters. The van der Waals surface area contributed by atoms with Crippen molar-refractivity contribution in [1.29, 1.82) is 0 Å². The highest BCUT2D eigenvalue weighted by atomic mass is 24.3. The molecule has 46 valence electrons. The molecule has 0 N–H and O–H groups in total. The summed E-state index contributed by atoms with van der Waals surface area (Å²) in [7, 11) is 0. The molecular weight excluding hydrogens is 107 g/mol. The quantitative estimate of drug-likeness (QED) is 0.502. The predicted molar refractivity (Wildman–Crippen MR) is 45.7 cm³/mol. The number of hydrogen-bond donors (Lipinski definition) is 0. The van der Waals surface area contributed by atoms with Crippen molar-refractivity contribution in [1.82, 2.24) is 0 Å². The van der Waals surface area contributed by atoms with Crippen LogP contribution in [0.3, 0.4) is 0 Å². The van der Waals surface area contributed by atoms with Crippen LogP contribution in [0.15, 0.2) is 0 Å². The zero-order valence-electron chi connectivity index (χ0n) is 5.70. The first-order valence-electron chi connectivity index (χ1n) is 3.35. The second-order valence-corrected chi connectivity index (χ2v) is 2.09. The molecule has 0 aromatic carbocycles. The van der Waals surface area contributed by atoms with Gasteiger partial charge in [-0.05, 0) is 0 Å². The first-order chi connectivity index (χ1) is 3.35. The predicted octanol–water partition coefficient (Wildman–Crippen LogP) is 1.62. The molecule has 0 radical (unpaired) electrons. The van der Waals surface area contributed by atoms with Crippen molar-refractivity contribution >= 4 is 29.8 Å². The summed E-state index contributed by atoms with van der Waals surface area (Å²) < 4.78 is 0. The van der Waals surface area contributed by atoms with Crippen LogP contribution in [0.5, 0.6) is 0 Å². The first kappa shape index (κ1) is 11.6. The minimum atomic E-state index is 0. The van der Waals surface area contributed by atoms with Crippen LogP contribution in [-0.2, 0) is 0 Å². The molecule has 0 aliphatic rings. The lowest BCUT2D eigenvalue weighted by Crippen LogP contribution is -2.04. The molecule has 0 saturated heterocycles. The lowest BCUT2D eigenvalue weighted by molar-refractivity contribution is 1.24. The van der Waals surface area contributed by atoms with Crippen LogP contribution in [0.2, 0.25) is 19.0 Å². The van der Waals surface area contributed by atoms with Crippen LogP contribution in [0, 0.1) is 0 Å². The fourth-order valence-electron chi connectivity index (χ4n) is 0.866. The highest BCUT2D eigenvalue weighted by Gasteiger charge is 2.01. The molecule has 0 fully saturated rings. The maximum Gasteiger partial charge on any atom is 0.316 e. The van der Waals surface area contributed by atoms with E-state index in [1.165, 1.54) is 19.0 Å². The summed E-state index contributed by atoms with van der Waals surface area (Å²) in [5.41, 5.74) is 0. The van der Waals surface area contributed by atoms with Gasteiger partial charge >= 0.3 is 23.1 Å². The van der Waals surface area contributed by atoms with E-state index < -0.39 is 0 Å². The molecule has 8 heavy (non-hydrogen) atoms. The minimum absolute atomic E-state index is 0. The summed E-state index contributed by atoms with van der Waals surface area (Å²) in [5.74, 6) is 0. The molecule has 0 amide bonds. The fourth-order valence-corrected chi connectivity index (χ4v) is 0.866. The van der Waals surface area contributed by atoms with Gasteiger partial charge in [0, 0.05) is 0 Å². The molecule has 0 bridgehead atoms. The van der Waals surface area contributed by atoms with E-state index in [-0.39, 0.29) is 23.1 Å². The third kappa shape index (κ3) is 4.98. The Balaban J connectivity index is 0. The van der Waals surface area contributed by atoms with E-state index in [9.17, 15) is 0 Å². The minimum Gasteiger partial charge on any atom is -0.0770 e. The average molecular weight is 124 g/mol. The highest BCUT2D eigenvalue weighted by molar-refractivity contribution is 6.58. The van der Waals surface area contributed by atoms with E-state index in [0.29, 0.717) is 0 Å². The third-order valence-electron chi connectivity index (χ3n) is 1.73. The third-order valence-corrected chi connectivity index (χ3v) is 1.73. The summed E-state index contributed by atoms with van der Waals surface area (Å²) in [5, 5.41) is 0. The lowest BCUT2D eigenvalue weighted by Gasteiger charge is -2.00. The van der Waals surface area contributed by atoms with Gasteiger partial charge in [0.25, 0.3) is 0 Å². The Kier molecular flexibility index (Phi) is 11.4. The van der Waals surface area contributed by atoms with Gasteiger partial charge in [-0.2, -0.15) is 0 Å². The normalized spacial score (nSPS) is 7.88. The molecule has 0 aromatic heterocycles. The Morgan fingerprint density at radius 2 is 1.12 bits per heavy atom. The SMILES string of the molecule is CCB(CC)CC.[MgH2]. The van der Waals surface area contributed by atoms with E-state index >= 15 is 0 Å². The molecule has 0 heterocycles. The molecule has 0 aromatic rings. The largest absolute Gasteiger partial charge is 0.316 e. The van der Waals surface area contributed by atoms with E-state index in [2.05, 4.69) is 20.8 Å². The van der Waals surface area contributed by atoms with Crippen molar-refractivity contribution in [2.24, 2.45) is 0 Å². The Labute approximate surface area is 69.7 Å². The zero-order chi connectivity index (χ0) is 5.70. The van der Waals surface area contributed by atoms with Gasteiger partial charge in [-0.25, -0.2) is 0 Å². The molecule has 0 rings (SSSR count). The van der Waals surface area contributed by atoms with Gasteiger partial charge in [0.05, 0.1) is 0 Å². The lowest BCUT2D eigenvalue weighted by atomic mass is 9.44. The molecule has 0 spiro atoms. The van der Waals surface area contributed by atoms with Crippen LogP contribution in [0.1, 0.15) is 20.8 Å². The van der Waals surface area contributed by atoms with Crippen molar-refractivity contribution in [2.45, 2.75) is 39.7 Å². The van der Waals surface area contributed by atoms with Gasteiger partial charge in [-0.1, -0.05) is 39.7 Å². The molecule has 0 aliphatic carbocycles. The monoisotopic (exact) mass is 124 g/mol. The Hall–Kier alpha value is 0.831. The summed E-state index contributed by atoms with van der Waals surface area (Å²) in [6, 6.07) is 0. The summed E-state index contributed by atoms with van der Waals surface area (Å²) in [6.45, 7) is 7.77. The summed E-state index contributed by atoms with van der Waals surface area (Å²) in [4.78, 5) is 0. The molecule has 0 aliphatic heterocycles. The van der Waals surface area contributed by atoms with Crippen LogP contribution in [0.4, 0.5) is 0 Å². The van der Waals surface area contributed by atoms with Gasteiger partial charge in [-0.15, -0.1) is 0 Å².